The molecule has 1 atom stereocenters. The van der Waals surface area contributed by atoms with Crippen molar-refractivity contribution in [1.29, 1.82) is 0 Å². The number of aromatic nitrogens is 3. The highest BCUT2D eigenvalue weighted by Crippen LogP contribution is 2.32. The summed E-state index contributed by atoms with van der Waals surface area (Å²) in [5, 5.41) is 4.26. The first-order valence-corrected chi connectivity index (χ1v) is 8.35. The molecule has 0 radical (unpaired) electrons. The van der Waals surface area contributed by atoms with Gasteiger partial charge < -0.3 is 10.5 Å². The van der Waals surface area contributed by atoms with Crippen LogP contribution in [0.4, 0.5) is 9.18 Å². The molecule has 2 N–H and O–H groups in total. The molecule has 9 heteroatoms. The number of benzene rings is 1. The number of amides is 2. The number of hydrogen-bond donors (Lipinski definition) is 1. The molecule has 0 bridgehead atoms. The predicted molar refractivity (Wildman–Crippen MR) is 89.9 cm³/mol. The third-order valence-corrected chi connectivity index (χ3v) is 4.30. The Balaban J connectivity index is 2.09. The van der Waals surface area contributed by atoms with Crippen LogP contribution in [0.25, 0.3) is 5.69 Å². The standard InChI is InChI=1S/C17H20FN5O3/c1-26-17(25)22-9-5-4-8-13(22)16-20-15(10-14(19)24)21-23(16)12-7-3-2-6-11(12)18/h2-3,6-7,13H,4-5,8-10H2,1H3,(H2,19,24). The van der Waals surface area contributed by atoms with Crippen molar-refractivity contribution in [2.24, 2.45) is 5.73 Å². The van der Waals surface area contributed by atoms with Crippen molar-refractivity contribution >= 4 is 12.0 Å². The number of carbonyl (C=O) groups excluding carboxylic acids is 2. The summed E-state index contributed by atoms with van der Waals surface area (Å²) in [6.45, 7) is 0.507. The number of nitrogens with two attached hydrogens (primary N) is 1. The number of ether oxygens (including phenoxy) is 1. The minimum atomic E-state index is -0.587. The van der Waals surface area contributed by atoms with Crippen LogP contribution >= 0.6 is 0 Å². The molecule has 0 saturated carbocycles. The number of primary amides is 1. The van der Waals surface area contributed by atoms with Crippen molar-refractivity contribution in [3.05, 3.63) is 41.7 Å². The molecule has 2 amide bonds. The van der Waals surface area contributed by atoms with Crippen molar-refractivity contribution in [3.63, 3.8) is 0 Å². The van der Waals surface area contributed by atoms with Gasteiger partial charge in [-0.25, -0.2) is 18.9 Å². The van der Waals surface area contributed by atoms with E-state index in [9.17, 15) is 14.0 Å². The molecule has 138 valence electrons. The molecule has 26 heavy (non-hydrogen) atoms. The summed E-state index contributed by atoms with van der Waals surface area (Å²) >= 11 is 0. The van der Waals surface area contributed by atoms with Gasteiger partial charge in [0.25, 0.3) is 0 Å². The van der Waals surface area contributed by atoms with Crippen LogP contribution in [0.5, 0.6) is 0 Å². The fourth-order valence-electron chi connectivity index (χ4n) is 3.15. The first-order chi connectivity index (χ1) is 12.5. The van der Waals surface area contributed by atoms with Gasteiger partial charge in [-0.2, -0.15) is 5.10 Å². The first kappa shape index (κ1) is 17.8. The zero-order valence-corrected chi connectivity index (χ0v) is 14.4. The van der Waals surface area contributed by atoms with Gasteiger partial charge in [0.05, 0.1) is 19.6 Å². The predicted octanol–water partition coefficient (Wildman–Crippen LogP) is 1.73. The molecular weight excluding hydrogens is 341 g/mol. The van der Waals surface area contributed by atoms with Crippen LogP contribution in [0.3, 0.4) is 0 Å². The van der Waals surface area contributed by atoms with Crippen molar-refractivity contribution in [3.8, 4) is 5.69 Å². The van der Waals surface area contributed by atoms with Crippen molar-refractivity contribution in [2.75, 3.05) is 13.7 Å². The molecule has 1 fully saturated rings. The summed E-state index contributed by atoms with van der Waals surface area (Å²) in [5.41, 5.74) is 5.44. The van der Waals surface area contributed by atoms with Crippen molar-refractivity contribution < 1.29 is 18.7 Å². The van der Waals surface area contributed by atoms with Crippen LogP contribution in [0.2, 0.25) is 0 Å². The van der Waals surface area contributed by atoms with Gasteiger partial charge >= 0.3 is 6.09 Å². The van der Waals surface area contributed by atoms with Crippen LogP contribution in [0.1, 0.15) is 37.0 Å². The third kappa shape index (κ3) is 3.51. The highest BCUT2D eigenvalue weighted by Gasteiger charge is 2.33. The number of carbonyl (C=O) groups is 2. The average Bonchev–Trinajstić information content (AvgIpc) is 3.04. The zero-order chi connectivity index (χ0) is 18.7. The molecule has 1 aromatic heterocycles. The highest BCUT2D eigenvalue weighted by molar-refractivity contribution is 5.75. The van der Waals surface area contributed by atoms with Gasteiger partial charge in [-0.05, 0) is 31.4 Å². The molecule has 1 saturated heterocycles. The van der Waals surface area contributed by atoms with Gasteiger partial charge in [0, 0.05) is 6.54 Å². The van der Waals surface area contributed by atoms with Crippen LogP contribution in [0.15, 0.2) is 24.3 Å². The summed E-state index contributed by atoms with van der Waals surface area (Å²) < 4.78 is 20.5. The molecule has 1 unspecified atom stereocenters. The number of hydrogen-bond acceptors (Lipinski definition) is 5. The van der Waals surface area contributed by atoms with E-state index in [1.165, 1.54) is 17.9 Å². The minimum absolute atomic E-state index is 0.167. The zero-order valence-electron chi connectivity index (χ0n) is 14.4. The van der Waals surface area contributed by atoms with Gasteiger partial charge in [0.2, 0.25) is 5.91 Å². The number of rotatable bonds is 4. The fourth-order valence-corrected chi connectivity index (χ4v) is 3.15. The molecule has 1 aliphatic heterocycles. The lowest BCUT2D eigenvalue weighted by Crippen LogP contribution is -2.39. The van der Waals surface area contributed by atoms with Crippen molar-refractivity contribution in [1.82, 2.24) is 19.7 Å². The SMILES string of the molecule is COC(=O)N1CCCCC1c1nc(CC(N)=O)nn1-c1ccccc1F. The molecule has 0 aliphatic carbocycles. The molecule has 2 heterocycles. The minimum Gasteiger partial charge on any atom is -0.453 e. The molecular formula is C17H20FN5O3. The number of nitrogens with zero attached hydrogens (tertiary/aromatic N) is 4. The smallest absolute Gasteiger partial charge is 0.410 e. The van der Waals surface area contributed by atoms with E-state index >= 15 is 0 Å². The molecule has 1 aliphatic rings. The monoisotopic (exact) mass is 361 g/mol. The van der Waals surface area contributed by atoms with Crippen molar-refractivity contribution in [2.45, 2.75) is 31.7 Å². The lowest BCUT2D eigenvalue weighted by atomic mass is 10.0. The van der Waals surface area contributed by atoms with E-state index in [4.69, 9.17) is 10.5 Å². The summed E-state index contributed by atoms with van der Waals surface area (Å²) in [7, 11) is 1.31. The maximum atomic E-state index is 14.3. The average molecular weight is 361 g/mol. The number of halogens is 1. The van der Waals surface area contributed by atoms with Gasteiger partial charge in [-0.15, -0.1) is 0 Å². The lowest BCUT2D eigenvalue weighted by Gasteiger charge is -2.33. The molecule has 2 aromatic rings. The normalized spacial score (nSPS) is 17.2. The number of para-hydroxylation sites is 1. The quantitative estimate of drug-likeness (QED) is 0.893. The topological polar surface area (TPSA) is 103 Å². The van der Waals surface area contributed by atoms with Crippen LogP contribution in [-0.2, 0) is 16.0 Å². The molecule has 1 aromatic carbocycles. The van der Waals surface area contributed by atoms with E-state index in [0.717, 1.165) is 12.8 Å². The van der Waals surface area contributed by atoms with Gasteiger partial charge in [-0.1, -0.05) is 12.1 Å². The number of piperidine rings is 1. The van der Waals surface area contributed by atoms with Crippen LogP contribution in [0, 0.1) is 5.82 Å². The summed E-state index contributed by atoms with van der Waals surface area (Å²) in [6.07, 6.45) is 1.72. The van der Waals surface area contributed by atoms with Crippen LogP contribution < -0.4 is 5.73 Å². The Hall–Kier alpha value is -2.97. The molecule has 3 rings (SSSR count). The maximum Gasteiger partial charge on any atom is 0.410 e. The van der Waals surface area contributed by atoms with Gasteiger partial charge in [0.1, 0.15) is 11.5 Å². The Kier molecular flexibility index (Phi) is 5.15. The fraction of sp³-hybridized carbons (Fsp3) is 0.412. The summed E-state index contributed by atoms with van der Waals surface area (Å²) in [4.78, 5) is 29.4. The van der Waals surface area contributed by atoms with E-state index in [1.54, 1.807) is 23.1 Å². The van der Waals surface area contributed by atoms with E-state index < -0.39 is 23.9 Å². The Morgan fingerprint density at radius 1 is 1.35 bits per heavy atom. The van der Waals surface area contributed by atoms with E-state index in [2.05, 4.69) is 10.1 Å². The first-order valence-electron chi connectivity index (χ1n) is 8.35. The second-order valence-corrected chi connectivity index (χ2v) is 6.07. The molecule has 0 spiro atoms. The largest absolute Gasteiger partial charge is 0.453 e. The Morgan fingerprint density at radius 2 is 2.12 bits per heavy atom. The van der Waals surface area contributed by atoms with E-state index in [1.807, 2.05) is 0 Å². The third-order valence-electron chi connectivity index (χ3n) is 4.30. The lowest BCUT2D eigenvalue weighted by molar-refractivity contribution is -0.117. The summed E-state index contributed by atoms with van der Waals surface area (Å²) in [6, 6.07) is 5.70. The number of likely N-dealkylation sites (tertiary alicyclic amines) is 1. The second-order valence-electron chi connectivity index (χ2n) is 6.07. The Morgan fingerprint density at radius 3 is 2.81 bits per heavy atom. The highest BCUT2D eigenvalue weighted by atomic mass is 19.1. The maximum absolute atomic E-state index is 14.3. The van der Waals surface area contributed by atoms with Gasteiger partial charge in [0.15, 0.2) is 11.6 Å². The van der Waals surface area contributed by atoms with Gasteiger partial charge in [-0.3, -0.25) is 9.69 Å². The van der Waals surface area contributed by atoms with E-state index in [0.29, 0.717) is 18.8 Å². The van der Waals surface area contributed by atoms with E-state index in [-0.39, 0.29) is 17.9 Å². The second kappa shape index (κ2) is 7.51. The Bertz CT molecular complexity index is 822. The molecule has 8 nitrogen and oxygen atoms in total. The number of methoxy groups -OCH3 is 1. The summed E-state index contributed by atoms with van der Waals surface area (Å²) in [5.74, 6) is -0.497. The van der Waals surface area contributed by atoms with Crippen LogP contribution in [-0.4, -0.2) is 45.3 Å². The Labute approximate surface area is 149 Å².